The zero-order valence-corrected chi connectivity index (χ0v) is 11.1. The van der Waals surface area contributed by atoms with Crippen molar-refractivity contribution in [2.75, 3.05) is 39.1 Å². The Balaban J connectivity index is 2.48. The molecule has 0 spiro atoms. The number of rotatable bonds is 6. The molecule has 0 aromatic carbocycles. The van der Waals surface area contributed by atoms with E-state index < -0.39 is 10.0 Å². The second-order valence-electron chi connectivity index (χ2n) is 4.37. The van der Waals surface area contributed by atoms with Gasteiger partial charge in [0, 0.05) is 26.2 Å². The zero-order valence-electron chi connectivity index (χ0n) is 10.3. The molecule has 5 nitrogen and oxygen atoms in total. The maximum absolute atomic E-state index is 11.7. The Labute approximate surface area is 98.2 Å². The SMILES string of the molecule is CCN1C[C@@H](C)[C@H](NS(=O)(=O)CCOC)C1. The number of hydrogen-bond acceptors (Lipinski definition) is 4. The molecular weight excluding hydrogens is 228 g/mol. The molecule has 1 aliphatic heterocycles. The number of ether oxygens (including phenoxy) is 1. The van der Waals surface area contributed by atoms with Gasteiger partial charge in [-0.25, -0.2) is 13.1 Å². The van der Waals surface area contributed by atoms with Crippen molar-refractivity contribution in [2.45, 2.75) is 19.9 Å². The van der Waals surface area contributed by atoms with E-state index in [0.717, 1.165) is 19.6 Å². The standard InChI is InChI=1S/C10H22N2O3S/c1-4-12-7-9(2)10(8-12)11-16(13,14)6-5-15-3/h9-11H,4-8H2,1-3H3/t9-,10-/m1/s1. The van der Waals surface area contributed by atoms with E-state index >= 15 is 0 Å². The normalized spacial score (nSPS) is 27.4. The smallest absolute Gasteiger partial charge is 0.214 e. The molecule has 96 valence electrons. The van der Waals surface area contributed by atoms with Crippen LogP contribution in [0.4, 0.5) is 0 Å². The molecule has 0 amide bonds. The maximum atomic E-state index is 11.7. The van der Waals surface area contributed by atoms with Gasteiger partial charge in [-0.3, -0.25) is 0 Å². The average Bonchev–Trinajstić information content (AvgIpc) is 2.56. The molecule has 0 saturated carbocycles. The lowest BCUT2D eigenvalue weighted by Gasteiger charge is -2.16. The highest BCUT2D eigenvalue weighted by Crippen LogP contribution is 2.16. The van der Waals surface area contributed by atoms with E-state index in [1.165, 1.54) is 7.11 Å². The van der Waals surface area contributed by atoms with Crippen molar-refractivity contribution < 1.29 is 13.2 Å². The molecule has 1 heterocycles. The molecular formula is C10H22N2O3S. The molecule has 0 radical (unpaired) electrons. The number of nitrogens with zero attached hydrogens (tertiary/aromatic N) is 1. The topological polar surface area (TPSA) is 58.6 Å². The fourth-order valence-electron chi connectivity index (χ4n) is 1.96. The monoisotopic (exact) mass is 250 g/mol. The van der Waals surface area contributed by atoms with E-state index in [2.05, 4.69) is 23.5 Å². The number of nitrogens with one attached hydrogen (secondary N) is 1. The Morgan fingerprint density at radius 3 is 2.62 bits per heavy atom. The van der Waals surface area contributed by atoms with E-state index in [0.29, 0.717) is 5.92 Å². The largest absolute Gasteiger partial charge is 0.384 e. The lowest BCUT2D eigenvalue weighted by Crippen LogP contribution is -2.41. The van der Waals surface area contributed by atoms with Crippen molar-refractivity contribution in [3.63, 3.8) is 0 Å². The molecule has 1 N–H and O–H groups in total. The molecule has 0 aromatic heterocycles. The number of hydrogen-bond donors (Lipinski definition) is 1. The summed E-state index contributed by atoms with van der Waals surface area (Å²) in [5.74, 6) is 0.413. The number of likely N-dealkylation sites (tertiary alicyclic amines) is 1. The molecule has 2 atom stereocenters. The quantitative estimate of drug-likeness (QED) is 0.715. The molecule has 6 heteroatoms. The van der Waals surface area contributed by atoms with Gasteiger partial charge in [-0.15, -0.1) is 0 Å². The summed E-state index contributed by atoms with van der Waals surface area (Å²) in [4.78, 5) is 2.26. The summed E-state index contributed by atoms with van der Waals surface area (Å²) in [7, 11) is -1.69. The van der Waals surface area contributed by atoms with Gasteiger partial charge < -0.3 is 9.64 Å². The third-order valence-corrected chi connectivity index (χ3v) is 4.39. The van der Waals surface area contributed by atoms with Gasteiger partial charge in [-0.1, -0.05) is 13.8 Å². The summed E-state index contributed by atoms with van der Waals surface area (Å²) in [6.45, 7) is 7.17. The van der Waals surface area contributed by atoms with Crippen LogP contribution in [0, 0.1) is 5.92 Å². The highest BCUT2D eigenvalue weighted by molar-refractivity contribution is 7.89. The van der Waals surface area contributed by atoms with Crippen LogP contribution in [0.25, 0.3) is 0 Å². The molecule has 0 aliphatic carbocycles. The van der Waals surface area contributed by atoms with E-state index in [-0.39, 0.29) is 18.4 Å². The minimum Gasteiger partial charge on any atom is -0.384 e. The van der Waals surface area contributed by atoms with Crippen LogP contribution in [-0.2, 0) is 14.8 Å². The number of likely N-dealkylation sites (N-methyl/N-ethyl adjacent to an activating group) is 1. The fourth-order valence-corrected chi connectivity index (χ4v) is 3.23. The third-order valence-electron chi connectivity index (χ3n) is 3.02. The molecule has 1 fully saturated rings. The lowest BCUT2D eigenvalue weighted by molar-refractivity contribution is 0.216. The van der Waals surface area contributed by atoms with E-state index in [9.17, 15) is 8.42 Å². The van der Waals surface area contributed by atoms with Gasteiger partial charge in [0.25, 0.3) is 0 Å². The van der Waals surface area contributed by atoms with E-state index in [1.807, 2.05) is 0 Å². The van der Waals surface area contributed by atoms with Crippen LogP contribution in [0.15, 0.2) is 0 Å². The molecule has 16 heavy (non-hydrogen) atoms. The molecule has 0 bridgehead atoms. The van der Waals surface area contributed by atoms with Gasteiger partial charge in [0.15, 0.2) is 0 Å². The summed E-state index contributed by atoms with van der Waals surface area (Å²) in [6.07, 6.45) is 0. The minimum atomic E-state index is -3.19. The molecule has 0 aromatic rings. The van der Waals surface area contributed by atoms with Crippen molar-refractivity contribution in [1.82, 2.24) is 9.62 Å². The summed E-state index contributed by atoms with van der Waals surface area (Å²) >= 11 is 0. The minimum absolute atomic E-state index is 0.0405. The second kappa shape index (κ2) is 5.95. The van der Waals surface area contributed by atoms with E-state index in [1.54, 1.807) is 0 Å². The summed E-state index contributed by atoms with van der Waals surface area (Å²) in [5.41, 5.74) is 0. The first-order valence-corrected chi connectivity index (χ1v) is 7.35. The van der Waals surface area contributed by atoms with Gasteiger partial charge in [0.05, 0.1) is 12.4 Å². The lowest BCUT2D eigenvalue weighted by atomic mass is 10.1. The Bertz CT molecular complexity index is 305. The zero-order chi connectivity index (χ0) is 12.2. The first-order chi connectivity index (χ1) is 7.48. The van der Waals surface area contributed by atoms with Gasteiger partial charge in [-0.05, 0) is 12.5 Å². The fraction of sp³-hybridized carbons (Fsp3) is 1.00. The molecule has 1 saturated heterocycles. The van der Waals surface area contributed by atoms with Crippen LogP contribution in [0.5, 0.6) is 0 Å². The molecule has 1 rings (SSSR count). The number of sulfonamides is 1. The van der Waals surface area contributed by atoms with Gasteiger partial charge >= 0.3 is 0 Å². The van der Waals surface area contributed by atoms with Gasteiger partial charge in [-0.2, -0.15) is 0 Å². The molecule has 0 unspecified atom stereocenters. The van der Waals surface area contributed by atoms with Crippen molar-refractivity contribution in [3.05, 3.63) is 0 Å². The highest BCUT2D eigenvalue weighted by atomic mass is 32.2. The van der Waals surface area contributed by atoms with Crippen LogP contribution in [0.1, 0.15) is 13.8 Å². The predicted molar refractivity (Wildman–Crippen MR) is 63.9 cm³/mol. The first kappa shape index (κ1) is 13.9. The van der Waals surface area contributed by atoms with Crippen molar-refractivity contribution in [3.8, 4) is 0 Å². The van der Waals surface area contributed by atoms with Crippen LogP contribution in [0.3, 0.4) is 0 Å². The summed E-state index contributed by atoms with van der Waals surface area (Å²) in [6, 6.07) is 0.0433. The van der Waals surface area contributed by atoms with Gasteiger partial charge in [0.1, 0.15) is 0 Å². The average molecular weight is 250 g/mol. The predicted octanol–water partition coefficient (Wildman–Crippen LogP) is -0.108. The third kappa shape index (κ3) is 4.01. The summed E-state index contributed by atoms with van der Waals surface area (Å²) < 4.78 is 30.9. The Kier molecular flexibility index (Phi) is 5.17. The Hall–Kier alpha value is -0.170. The summed E-state index contributed by atoms with van der Waals surface area (Å²) in [5, 5.41) is 0. The number of methoxy groups -OCH3 is 1. The van der Waals surface area contributed by atoms with Crippen molar-refractivity contribution in [1.29, 1.82) is 0 Å². The van der Waals surface area contributed by atoms with Crippen LogP contribution in [-0.4, -0.2) is 58.5 Å². The Morgan fingerprint density at radius 1 is 1.44 bits per heavy atom. The Morgan fingerprint density at radius 2 is 2.12 bits per heavy atom. The first-order valence-electron chi connectivity index (χ1n) is 5.69. The van der Waals surface area contributed by atoms with Crippen molar-refractivity contribution in [2.24, 2.45) is 5.92 Å². The van der Waals surface area contributed by atoms with E-state index in [4.69, 9.17) is 4.74 Å². The van der Waals surface area contributed by atoms with Crippen LogP contribution >= 0.6 is 0 Å². The highest BCUT2D eigenvalue weighted by Gasteiger charge is 2.31. The van der Waals surface area contributed by atoms with Crippen LogP contribution in [0.2, 0.25) is 0 Å². The van der Waals surface area contributed by atoms with Crippen molar-refractivity contribution >= 4 is 10.0 Å². The second-order valence-corrected chi connectivity index (χ2v) is 6.24. The van der Waals surface area contributed by atoms with Crippen LogP contribution < -0.4 is 4.72 Å². The molecule has 1 aliphatic rings. The maximum Gasteiger partial charge on any atom is 0.214 e. The van der Waals surface area contributed by atoms with Gasteiger partial charge in [0.2, 0.25) is 10.0 Å².